The van der Waals surface area contributed by atoms with E-state index in [0.717, 1.165) is 21.2 Å². The van der Waals surface area contributed by atoms with Crippen molar-refractivity contribution in [1.29, 1.82) is 0 Å². The summed E-state index contributed by atoms with van der Waals surface area (Å²) in [5.41, 5.74) is 3.86. The van der Waals surface area contributed by atoms with Crippen molar-refractivity contribution < 1.29 is 18.7 Å². The second-order valence-corrected chi connectivity index (χ2v) is 10.1. The third kappa shape index (κ3) is 5.67. The van der Waals surface area contributed by atoms with E-state index >= 15 is 0 Å². The number of carbonyl (C=O) groups excluding carboxylic acids is 2. The van der Waals surface area contributed by atoms with Gasteiger partial charge in [0.05, 0.1) is 4.91 Å². The Labute approximate surface area is 218 Å². The molecule has 3 aromatic rings. The first kappa shape index (κ1) is 24.4. The Bertz CT molecular complexity index is 1320. The first-order valence-electron chi connectivity index (χ1n) is 9.82. The Morgan fingerprint density at radius 2 is 1.91 bits per heavy atom. The fourth-order valence-corrected chi connectivity index (χ4v) is 4.68. The summed E-state index contributed by atoms with van der Waals surface area (Å²) >= 11 is 15.6. The van der Waals surface area contributed by atoms with Gasteiger partial charge in [-0.25, -0.2) is 4.39 Å². The number of hydrogen-bond acceptors (Lipinski definition) is 5. The zero-order valence-electron chi connectivity index (χ0n) is 17.3. The molecule has 172 valence electrons. The zero-order chi connectivity index (χ0) is 24.2. The van der Waals surface area contributed by atoms with Crippen LogP contribution >= 0.6 is 51.5 Å². The number of hydrogen-bond donors (Lipinski definition) is 1. The van der Waals surface area contributed by atoms with Gasteiger partial charge in [-0.3, -0.25) is 15.0 Å². The first-order valence-corrected chi connectivity index (χ1v) is 12.2. The third-order valence-corrected chi connectivity index (χ3v) is 6.76. The van der Waals surface area contributed by atoms with Gasteiger partial charge < -0.3 is 4.74 Å². The summed E-state index contributed by atoms with van der Waals surface area (Å²) in [7, 11) is 0. The highest BCUT2D eigenvalue weighted by Gasteiger charge is 2.34. The van der Waals surface area contributed by atoms with E-state index in [9.17, 15) is 14.0 Å². The number of ether oxygens (including phenoxy) is 1. The van der Waals surface area contributed by atoms with Crippen molar-refractivity contribution in [3.05, 3.63) is 104 Å². The van der Waals surface area contributed by atoms with Gasteiger partial charge in [-0.2, -0.15) is 5.01 Å². The highest BCUT2D eigenvalue weighted by atomic mass is 79.9. The lowest BCUT2D eigenvalue weighted by Gasteiger charge is -2.15. The topological polar surface area (TPSA) is 58.6 Å². The van der Waals surface area contributed by atoms with E-state index in [1.165, 1.54) is 6.07 Å². The first-order chi connectivity index (χ1) is 16.3. The molecule has 0 spiro atoms. The van der Waals surface area contributed by atoms with Crippen LogP contribution in [0.15, 0.2) is 76.1 Å². The Morgan fingerprint density at radius 1 is 1.18 bits per heavy atom. The molecule has 0 saturated carbocycles. The summed E-state index contributed by atoms with van der Waals surface area (Å²) in [5.74, 6) is -0.872. The molecule has 1 saturated heterocycles. The second-order valence-electron chi connectivity index (χ2n) is 7.03. The van der Waals surface area contributed by atoms with Crippen LogP contribution in [0.3, 0.4) is 0 Å². The van der Waals surface area contributed by atoms with Gasteiger partial charge in [-0.15, -0.1) is 0 Å². The van der Waals surface area contributed by atoms with Crippen LogP contribution in [0, 0.1) is 5.82 Å². The fraction of sp³-hybridized carbons (Fsp3) is 0.0417. The number of hydrazine groups is 1. The minimum Gasteiger partial charge on any atom is -0.488 e. The molecule has 10 heteroatoms. The molecule has 0 atom stereocenters. The van der Waals surface area contributed by atoms with E-state index in [0.29, 0.717) is 32.4 Å². The van der Waals surface area contributed by atoms with Crippen LogP contribution in [-0.4, -0.2) is 21.1 Å². The van der Waals surface area contributed by atoms with Crippen LogP contribution in [-0.2, 0) is 11.4 Å². The largest absolute Gasteiger partial charge is 0.488 e. The van der Waals surface area contributed by atoms with Crippen LogP contribution in [0.25, 0.3) is 6.08 Å². The molecule has 1 fully saturated rings. The number of benzene rings is 3. The van der Waals surface area contributed by atoms with Crippen LogP contribution in [0.5, 0.6) is 5.75 Å². The summed E-state index contributed by atoms with van der Waals surface area (Å²) in [6.07, 6.45) is 1.62. The normalized spacial score (nSPS) is 14.6. The Hall–Kier alpha value is -2.72. The number of rotatable bonds is 6. The lowest BCUT2D eigenvalue weighted by molar-refractivity contribution is -0.123. The number of thioether (sulfide) groups is 1. The number of amides is 2. The van der Waals surface area contributed by atoms with Crippen molar-refractivity contribution in [3.8, 4) is 5.75 Å². The van der Waals surface area contributed by atoms with E-state index in [-0.39, 0.29) is 16.7 Å². The van der Waals surface area contributed by atoms with Crippen molar-refractivity contribution in [2.75, 3.05) is 0 Å². The number of carbonyl (C=O) groups is 2. The maximum absolute atomic E-state index is 14.0. The van der Waals surface area contributed by atoms with E-state index < -0.39 is 11.8 Å². The molecule has 5 nitrogen and oxygen atoms in total. The van der Waals surface area contributed by atoms with Gasteiger partial charge in [-0.05, 0) is 66.8 Å². The highest BCUT2D eigenvalue weighted by molar-refractivity contribution is 9.10. The number of halogens is 3. The van der Waals surface area contributed by atoms with Gasteiger partial charge in [0.25, 0.3) is 11.8 Å². The number of thiocarbonyl (C=S) groups is 1. The maximum Gasteiger partial charge on any atom is 0.285 e. The molecule has 0 aromatic heterocycles. The van der Waals surface area contributed by atoms with Crippen LogP contribution < -0.4 is 10.2 Å². The molecule has 0 aliphatic carbocycles. The lowest BCUT2D eigenvalue weighted by Crippen LogP contribution is -2.44. The predicted octanol–water partition coefficient (Wildman–Crippen LogP) is 6.37. The van der Waals surface area contributed by atoms with E-state index in [1.54, 1.807) is 66.7 Å². The molecular formula is C24H15BrClFN2O3S2. The van der Waals surface area contributed by atoms with Crippen molar-refractivity contribution in [2.24, 2.45) is 0 Å². The molecule has 0 unspecified atom stereocenters. The molecular weight excluding hydrogens is 563 g/mol. The molecule has 0 radical (unpaired) electrons. The summed E-state index contributed by atoms with van der Waals surface area (Å²) < 4.78 is 20.7. The number of nitrogens with one attached hydrogen (secondary N) is 1. The average molecular weight is 578 g/mol. The molecule has 4 rings (SSSR count). The van der Waals surface area contributed by atoms with Gasteiger partial charge in [0.1, 0.15) is 18.2 Å². The third-order valence-electron chi connectivity index (χ3n) is 4.71. The van der Waals surface area contributed by atoms with Crippen LogP contribution in [0.4, 0.5) is 4.39 Å². The predicted molar refractivity (Wildman–Crippen MR) is 139 cm³/mol. The van der Waals surface area contributed by atoms with E-state index in [2.05, 4.69) is 21.4 Å². The fourth-order valence-electron chi connectivity index (χ4n) is 3.01. The van der Waals surface area contributed by atoms with Crippen molar-refractivity contribution >= 4 is 73.7 Å². The monoisotopic (exact) mass is 576 g/mol. The summed E-state index contributed by atoms with van der Waals surface area (Å²) in [4.78, 5) is 25.8. The van der Waals surface area contributed by atoms with Gasteiger partial charge in [0.2, 0.25) is 0 Å². The SMILES string of the molecule is O=C(NN1C(=O)/C(=C/c2cc(Br)ccc2OCc2ccccc2F)SC1=S)c1ccc(Cl)cc1. The van der Waals surface area contributed by atoms with Gasteiger partial charge in [0.15, 0.2) is 4.32 Å². The molecule has 1 aliphatic heterocycles. The summed E-state index contributed by atoms with van der Waals surface area (Å²) in [6, 6.07) is 17.9. The number of nitrogens with zero attached hydrogens (tertiary/aromatic N) is 1. The zero-order valence-corrected chi connectivity index (χ0v) is 21.2. The smallest absolute Gasteiger partial charge is 0.285 e. The molecule has 0 bridgehead atoms. The Kier molecular flexibility index (Phi) is 7.67. The molecule has 1 aliphatic rings. The molecule has 1 N–H and O–H groups in total. The minimum atomic E-state index is -0.495. The van der Waals surface area contributed by atoms with E-state index in [4.69, 9.17) is 28.6 Å². The molecule has 34 heavy (non-hydrogen) atoms. The Balaban J connectivity index is 1.53. The van der Waals surface area contributed by atoms with Crippen molar-refractivity contribution in [3.63, 3.8) is 0 Å². The second kappa shape index (κ2) is 10.7. The average Bonchev–Trinajstić information content (AvgIpc) is 3.07. The van der Waals surface area contributed by atoms with Crippen molar-refractivity contribution in [2.45, 2.75) is 6.61 Å². The van der Waals surface area contributed by atoms with Gasteiger partial charge in [-0.1, -0.05) is 57.5 Å². The standard InChI is InChI=1S/C24H15BrClFN2O3S2/c25-17-7-10-20(32-13-15-3-1-2-4-19(15)27)16(11-17)12-21-23(31)29(24(33)34-21)28-22(30)14-5-8-18(26)9-6-14/h1-12H,13H2,(H,28,30)/b21-12-. The van der Waals surface area contributed by atoms with Gasteiger partial charge >= 0.3 is 0 Å². The van der Waals surface area contributed by atoms with E-state index in [1.807, 2.05) is 0 Å². The maximum atomic E-state index is 14.0. The Morgan fingerprint density at radius 3 is 2.65 bits per heavy atom. The molecule has 2 amide bonds. The molecule has 3 aromatic carbocycles. The van der Waals surface area contributed by atoms with Crippen molar-refractivity contribution in [1.82, 2.24) is 10.4 Å². The summed E-state index contributed by atoms with van der Waals surface area (Å²) in [6.45, 7) is 0.0211. The highest BCUT2D eigenvalue weighted by Crippen LogP contribution is 2.34. The van der Waals surface area contributed by atoms with Gasteiger partial charge in [0, 0.05) is 26.2 Å². The van der Waals surface area contributed by atoms with Crippen LogP contribution in [0.1, 0.15) is 21.5 Å². The quantitative estimate of drug-likeness (QED) is 0.273. The minimum absolute atomic E-state index is 0.0211. The molecule has 1 heterocycles. The lowest BCUT2D eigenvalue weighted by atomic mass is 10.1. The summed E-state index contributed by atoms with van der Waals surface area (Å²) in [5, 5.41) is 1.52. The van der Waals surface area contributed by atoms with Crippen LogP contribution in [0.2, 0.25) is 5.02 Å².